The van der Waals surface area contributed by atoms with Crippen LogP contribution in [0.25, 0.3) is 6.08 Å². The van der Waals surface area contributed by atoms with Crippen molar-refractivity contribution in [1.29, 1.82) is 5.26 Å². The number of anilines is 1. The van der Waals surface area contributed by atoms with Gasteiger partial charge in [-0.2, -0.15) is 5.26 Å². The average molecular weight is 432 g/mol. The smallest absolute Gasteiger partial charge is 0.271 e. The second-order valence-corrected chi connectivity index (χ2v) is 6.01. The number of nitro groups is 1. The summed E-state index contributed by atoms with van der Waals surface area (Å²) < 4.78 is 11.0. The molecule has 0 fully saturated rings. The molecule has 27 heavy (non-hydrogen) atoms. The molecular formula is C18H14BrN3O5. The Morgan fingerprint density at radius 3 is 2.52 bits per heavy atom. The molecule has 0 aliphatic carbocycles. The molecule has 1 N–H and O–H groups in total. The molecule has 2 aromatic rings. The van der Waals surface area contributed by atoms with Crippen LogP contribution in [-0.2, 0) is 4.79 Å². The number of halogens is 1. The van der Waals surface area contributed by atoms with Gasteiger partial charge in [-0.25, -0.2) is 0 Å². The molecular weight excluding hydrogens is 418 g/mol. The van der Waals surface area contributed by atoms with Gasteiger partial charge >= 0.3 is 0 Å². The molecule has 138 valence electrons. The van der Waals surface area contributed by atoms with Crippen LogP contribution in [-0.4, -0.2) is 25.1 Å². The molecule has 1 amide bonds. The number of methoxy groups -OCH3 is 2. The number of non-ortho nitro benzene ring substituents is 1. The van der Waals surface area contributed by atoms with Crippen LogP contribution in [0.5, 0.6) is 11.5 Å². The summed E-state index contributed by atoms with van der Waals surface area (Å²) in [6.07, 6.45) is 1.37. The number of nitriles is 1. The highest BCUT2D eigenvalue weighted by Crippen LogP contribution is 2.34. The van der Waals surface area contributed by atoms with Gasteiger partial charge in [-0.3, -0.25) is 14.9 Å². The van der Waals surface area contributed by atoms with Crippen molar-refractivity contribution in [3.63, 3.8) is 0 Å². The predicted octanol–water partition coefficient (Wildman–Crippen LogP) is 3.92. The Kier molecular flexibility index (Phi) is 6.51. The lowest BCUT2D eigenvalue weighted by atomic mass is 10.1. The molecule has 2 rings (SSSR count). The quantitative estimate of drug-likeness (QED) is 0.320. The molecule has 9 heteroatoms. The molecule has 0 aliphatic heterocycles. The highest BCUT2D eigenvalue weighted by Gasteiger charge is 2.14. The van der Waals surface area contributed by atoms with Crippen LogP contribution in [0.3, 0.4) is 0 Å². The number of hydrogen-bond acceptors (Lipinski definition) is 6. The van der Waals surface area contributed by atoms with E-state index in [2.05, 4.69) is 21.2 Å². The average Bonchev–Trinajstić information content (AvgIpc) is 2.66. The lowest BCUT2D eigenvalue weighted by Gasteiger charge is -2.10. The lowest BCUT2D eigenvalue weighted by Crippen LogP contribution is -2.13. The van der Waals surface area contributed by atoms with Gasteiger partial charge in [0.2, 0.25) is 0 Å². The van der Waals surface area contributed by atoms with Crippen LogP contribution in [0.2, 0.25) is 0 Å². The summed E-state index contributed by atoms with van der Waals surface area (Å²) in [6.45, 7) is 0. The fourth-order valence-electron chi connectivity index (χ4n) is 2.18. The highest BCUT2D eigenvalue weighted by molar-refractivity contribution is 9.10. The van der Waals surface area contributed by atoms with Gasteiger partial charge in [0, 0.05) is 22.3 Å². The fraction of sp³-hybridized carbons (Fsp3) is 0.111. The van der Waals surface area contributed by atoms with Crippen LogP contribution in [0.4, 0.5) is 11.4 Å². The van der Waals surface area contributed by atoms with Crippen LogP contribution in [0.15, 0.2) is 46.4 Å². The summed E-state index contributed by atoms with van der Waals surface area (Å²) in [5, 5.41) is 22.6. The zero-order valence-corrected chi connectivity index (χ0v) is 15.9. The maximum atomic E-state index is 12.4. The lowest BCUT2D eigenvalue weighted by molar-refractivity contribution is -0.384. The van der Waals surface area contributed by atoms with Gasteiger partial charge in [0.15, 0.2) is 11.5 Å². The highest BCUT2D eigenvalue weighted by atomic mass is 79.9. The number of nitrogens with zero attached hydrogens (tertiary/aromatic N) is 2. The van der Waals surface area contributed by atoms with E-state index in [1.54, 1.807) is 12.1 Å². The van der Waals surface area contributed by atoms with E-state index in [9.17, 15) is 20.2 Å². The second-order valence-electron chi connectivity index (χ2n) is 5.16. The number of amides is 1. The summed E-state index contributed by atoms with van der Waals surface area (Å²) in [6, 6.07) is 10.5. The van der Waals surface area contributed by atoms with Crippen LogP contribution < -0.4 is 14.8 Å². The molecule has 0 saturated heterocycles. The molecule has 0 aliphatic rings. The number of hydrogen-bond donors (Lipinski definition) is 1. The number of nitrogens with one attached hydrogen (secondary N) is 1. The predicted molar refractivity (Wildman–Crippen MR) is 103 cm³/mol. The number of ether oxygens (including phenoxy) is 2. The summed E-state index contributed by atoms with van der Waals surface area (Å²) in [5.74, 6) is 0.226. The molecule has 8 nitrogen and oxygen atoms in total. The largest absolute Gasteiger partial charge is 0.493 e. The zero-order valence-electron chi connectivity index (χ0n) is 14.4. The van der Waals surface area contributed by atoms with Gasteiger partial charge in [0.1, 0.15) is 11.6 Å². The van der Waals surface area contributed by atoms with Crippen molar-refractivity contribution in [2.24, 2.45) is 0 Å². The zero-order chi connectivity index (χ0) is 20.0. The van der Waals surface area contributed by atoms with E-state index in [0.29, 0.717) is 21.5 Å². The molecule has 0 atom stereocenters. The Morgan fingerprint density at radius 2 is 1.93 bits per heavy atom. The van der Waals surface area contributed by atoms with E-state index < -0.39 is 10.8 Å². The van der Waals surface area contributed by atoms with Gasteiger partial charge < -0.3 is 14.8 Å². The van der Waals surface area contributed by atoms with Crippen molar-refractivity contribution in [2.45, 2.75) is 0 Å². The molecule has 0 heterocycles. The molecule has 0 radical (unpaired) electrons. The summed E-state index contributed by atoms with van der Waals surface area (Å²) in [4.78, 5) is 22.6. The summed E-state index contributed by atoms with van der Waals surface area (Å²) >= 11 is 3.35. The first-order valence-electron chi connectivity index (χ1n) is 7.48. The monoisotopic (exact) mass is 431 g/mol. The Morgan fingerprint density at radius 1 is 1.26 bits per heavy atom. The van der Waals surface area contributed by atoms with Crippen molar-refractivity contribution in [3.05, 3.63) is 62.1 Å². The Hall–Kier alpha value is -3.38. The van der Waals surface area contributed by atoms with E-state index in [1.807, 2.05) is 6.07 Å². The van der Waals surface area contributed by atoms with Crippen molar-refractivity contribution < 1.29 is 19.2 Å². The third kappa shape index (κ3) is 4.83. The van der Waals surface area contributed by atoms with Crippen molar-refractivity contribution in [1.82, 2.24) is 0 Å². The maximum Gasteiger partial charge on any atom is 0.271 e. The van der Waals surface area contributed by atoms with E-state index in [-0.39, 0.29) is 16.9 Å². The minimum Gasteiger partial charge on any atom is -0.493 e. The van der Waals surface area contributed by atoms with Crippen molar-refractivity contribution in [3.8, 4) is 17.6 Å². The number of nitro benzene ring substituents is 1. The molecule has 0 aromatic heterocycles. The topological polar surface area (TPSA) is 114 Å². The molecule has 2 aromatic carbocycles. The molecule has 0 spiro atoms. The molecule has 0 bridgehead atoms. The van der Waals surface area contributed by atoms with E-state index >= 15 is 0 Å². The minimum atomic E-state index is -0.695. The third-order valence-electron chi connectivity index (χ3n) is 3.48. The number of rotatable bonds is 6. The maximum absolute atomic E-state index is 12.4. The van der Waals surface area contributed by atoms with E-state index in [1.165, 1.54) is 44.6 Å². The SMILES string of the molecule is COc1cc(Br)c(/C=C(\C#N)C(=O)Nc2cccc([N+](=O)[O-])c2)cc1OC. The van der Waals surface area contributed by atoms with Crippen LogP contribution >= 0.6 is 15.9 Å². The standard InChI is InChI=1S/C18H14BrN3O5/c1-26-16-7-11(15(19)9-17(16)27-2)6-12(10-20)18(23)21-13-4-3-5-14(8-13)22(24)25/h3-9H,1-2H3,(H,21,23)/b12-6+. The normalized spacial score (nSPS) is 10.7. The Labute approximate surface area is 163 Å². The van der Waals surface area contributed by atoms with Gasteiger partial charge in [-0.15, -0.1) is 0 Å². The summed E-state index contributed by atoms with van der Waals surface area (Å²) in [7, 11) is 2.96. The second kappa shape index (κ2) is 8.82. The fourth-order valence-corrected chi connectivity index (χ4v) is 2.62. The van der Waals surface area contributed by atoms with Crippen molar-refractivity contribution >= 4 is 39.3 Å². The number of carbonyl (C=O) groups excluding carboxylic acids is 1. The first-order chi connectivity index (χ1) is 12.9. The van der Waals surface area contributed by atoms with Crippen LogP contribution in [0, 0.1) is 21.4 Å². The summed E-state index contributed by atoms with van der Waals surface area (Å²) in [5.41, 5.74) is 0.382. The van der Waals surface area contributed by atoms with Crippen molar-refractivity contribution in [2.75, 3.05) is 19.5 Å². The molecule has 0 unspecified atom stereocenters. The Balaban J connectivity index is 2.33. The van der Waals surface area contributed by atoms with E-state index in [0.717, 1.165) is 0 Å². The molecule has 0 saturated carbocycles. The van der Waals surface area contributed by atoms with Gasteiger partial charge in [-0.1, -0.05) is 22.0 Å². The van der Waals surface area contributed by atoms with Gasteiger partial charge in [0.25, 0.3) is 11.6 Å². The Bertz CT molecular complexity index is 966. The first kappa shape index (κ1) is 19.9. The van der Waals surface area contributed by atoms with E-state index in [4.69, 9.17) is 9.47 Å². The number of carbonyl (C=O) groups is 1. The third-order valence-corrected chi connectivity index (χ3v) is 4.17. The first-order valence-corrected chi connectivity index (χ1v) is 8.28. The van der Waals surface area contributed by atoms with Gasteiger partial charge in [0.05, 0.1) is 19.1 Å². The van der Waals surface area contributed by atoms with Gasteiger partial charge in [-0.05, 0) is 29.8 Å². The minimum absolute atomic E-state index is 0.169. The van der Waals surface area contributed by atoms with Crippen LogP contribution in [0.1, 0.15) is 5.56 Å². The number of benzene rings is 2.